The fraction of sp³-hybridized carbons (Fsp3) is 0.267. The van der Waals surface area contributed by atoms with Crippen molar-refractivity contribution < 1.29 is 9.59 Å². The highest BCUT2D eigenvalue weighted by Crippen LogP contribution is 2.14. The van der Waals surface area contributed by atoms with Gasteiger partial charge in [-0.05, 0) is 19.1 Å². The van der Waals surface area contributed by atoms with E-state index in [0.717, 1.165) is 5.69 Å². The molecule has 0 aliphatic rings. The van der Waals surface area contributed by atoms with Crippen molar-refractivity contribution in [3.63, 3.8) is 0 Å². The Hall–Kier alpha value is -2.63. The topological polar surface area (TPSA) is 67.2 Å². The molecule has 0 saturated carbocycles. The van der Waals surface area contributed by atoms with Gasteiger partial charge in [0.2, 0.25) is 11.8 Å². The van der Waals surface area contributed by atoms with E-state index < -0.39 is 0 Å². The largest absolute Gasteiger partial charge is 0.324 e. The molecule has 6 heteroatoms. The molecule has 2 amide bonds. The van der Waals surface area contributed by atoms with Crippen LogP contribution in [0.1, 0.15) is 13.8 Å². The zero-order valence-corrected chi connectivity index (χ0v) is 12.1. The van der Waals surface area contributed by atoms with Crippen LogP contribution in [0, 0.1) is 0 Å². The third-order valence-electron chi connectivity index (χ3n) is 2.94. The number of nitrogens with one attached hydrogen (secondary N) is 1. The maximum Gasteiger partial charge on any atom is 0.248 e. The number of benzene rings is 1. The van der Waals surface area contributed by atoms with Gasteiger partial charge in [0.15, 0.2) is 0 Å². The second kappa shape index (κ2) is 6.69. The van der Waals surface area contributed by atoms with Gasteiger partial charge in [-0.1, -0.05) is 18.2 Å². The minimum Gasteiger partial charge on any atom is -0.324 e. The van der Waals surface area contributed by atoms with Crippen molar-refractivity contribution in [2.24, 2.45) is 0 Å². The number of rotatable bonds is 5. The lowest BCUT2D eigenvalue weighted by Crippen LogP contribution is -2.33. The molecule has 0 atom stereocenters. The Morgan fingerprint density at radius 2 is 2.00 bits per heavy atom. The Kier molecular flexibility index (Phi) is 4.71. The molecule has 1 aromatic carbocycles. The molecule has 110 valence electrons. The van der Waals surface area contributed by atoms with Crippen molar-refractivity contribution >= 4 is 23.2 Å². The lowest BCUT2D eigenvalue weighted by Gasteiger charge is -2.20. The fourth-order valence-corrected chi connectivity index (χ4v) is 2.05. The molecular weight excluding hydrogens is 268 g/mol. The molecule has 0 saturated heterocycles. The Morgan fingerprint density at radius 3 is 2.62 bits per heavy atom. The number of aromatic nitrogens is 2. The molecule has 0 radical (unpaired) electrons. The van der Waals surface area contributed by atoms with Crippen LogP contribution < -0.4 is 10.2 Å². The SMILES string of the molecule is CCN(C(=O)Cn1cc(NC(C)=O)cn1)c1ccccc1. The van der Waals surface area contributed by atoms with E-state index in [1.54, 1.807) is 11.1 Å². The Balaban J connectivity index is 2.06. The summed E-state index contributed by atoms with van der Waals surface area (Å²) in [5.41, 5.74) is 1.44. The summed E-state index contributed by atoms with van der Waals surface area (Å²) in [5, 5.41) is 6.70. The monoisotopic (exact) mass is 286 g/mol. The number of likely N-dealkylation sites (N-methyl/N-ethyl adjacent to an activating group) is 1. The molecule has 0 aliphatic heterocycles. The summed E-state index contributed by atoms with van der Waals surface area (Å²) in [5.74, 6) is -0.221. The van der Waals surface area contributed by atoms with Crippen molar-refractivity contribution in [2.45, 2.75) is 20.4 Å². The molecule has 0 spiro atoms. The standard InChI is InChI=1S/C15H18N4O2/c1-3-19(14-7-5-4-6-8-14)15(21)11-18-10-13(9-16-18)17-12(2)20/h4-10H,3,11H2,1-2H3,(H,17,20). The summed E-state index contributed by atoms with van der Waals surface area (Å²) >= 11 is 0. The van der Waals surface area contributed by atoms with Crippen LogP contribution in [0.4, 0.5) is 11.4 Å². The maximum atomic E-state index is 12.4. The van der Waals surface area contributed by atoms with Gasteiger partial charge < -0.3 is 10.2 Å². The lowest BCUT2D eigenvalue weighted by molar-refractivity contribution is -0.119. The van der Waals surface area contributed by atoms with Gasteiger partial charge in [-0.2, -0.15) is 5.10 Å². The van der Waals surface area contributed by atoms with Gasteiger partial charge in [0.1, 0.15) is 6.54 Å². The summed E-state index contributed by atoms with van der Waals surface area (Å²) < 4.78 is 1.51. The number of carbonyl (C=O) groups is 2. The van der Waals surface area contributed by atoms with Crippen LogP contribution in [0.25, 0.3) is 0 Å². The summed E-state index contributed by atoms with van der Waals surface area (Å²) in [7, 11) is 0. The first-order valence-corrected chi connectivity index (χ1v) is 6.75. The number of amides is 2. The third kappa shape index (κ3) is 3.92. The first-order chi connectivity index (χ1) is 10.1. The maximum absolute atomic E-state index is 12.4. The number of anilines is 2. The Labute approximate surface area is 123 Å². The third-order valence-corrected chi connectivity index (χ3v) is 2.94. The lowest BCUT2D eigenvalue weighted by atomic mass is 10.3. The average Bonchev–Trinajstić information content (AvgIpc) is 2.87. The number of hydrogen-bond acceptors (Lipinski definition) is 3. The van der Waals surface area contributed by atoms with E-state index in [1.165, 1.54) is 17.8 Å². The molecule has 2 aromatic rings. The van der Waals surface area contributed by atoms with Crippen LogP contribution in [0.15, 0.2) is 42.7 Å². The molecule has 0 bridgehead atoms. The van der Waals surface area contributed by atoms with E-state index in [0.29, 0.717) is 12.2 Å². The van der Waals surface area contributed by atoms with Crippen LogP contribution in [-0.2, 0) is 16.1 Å². The van der Waals surface area contributed by atoms with Crippen molar-refractivity contribution in [1.82, 2.24) is 9.78 Å². The number of carbonyl (C=O) groups excluding carboxylic acids is 2. The van der Waals surface area contributed by atoms with E-state index in [9.17, 15) is 9.59 Å². The van der Waals surface area contributed by atoms with Crippen LogP contribution in [0.2, 0.25) is 0 Å². The number of para-hydroxylation sites is 1. The minimum absolute atomic E-state index is 0.0545. The molecule has 2 rings (SSSR count). The van der Waals surface area contributed by atoms with Gasteiger partial charge in [0.05, 0.1) is 11.9 Å². The molecule has 0 aliphatic carbocycles. The summed E-state index contributed by atoms with van der Waals surface area (Å²) in [6, 6.07) is 9.50. The Morgan fingerprint density at radius 1 is 1.29 bits per heavy atom. The second-order valence-corrected chi connectivity index (χ2v) is 4.58. The highest BCUT2D eigenvalue weighted by Gasteiger charge is 2.14. The zero-order chi connectivity index (χ0) is 15.2. The molecular formula is C15H18N4O2. The molecule has 0 unspecified atom stereocenters. The fourth-order valence-electron chi connectivity index (χ4n) is 2.05. The summed E-state index contributed by atoms with van der Waals surface area (Å²) in [6.07, 6.45) is 3.16. The first-order valence-electron chi connectivity index (χ1n) is 6.75. The quantitative estimate of drug-likeness (QED) is 0.912. The van der Waals surface area contributed by atoms with Gasteiger partial charge in [0.25, 0.3) is 0 Å². The van der Waals surface area contributed by atoms with Gasteiger partial charge in [-0.3, -0.25) is 14.3 Å². The smallest absolute Gasteiger partial charge is 0.248 e. The van der Waals surface area contributed by atoms with Crippen molar-refractivity contribution in [1.29, 1.82) is 0 Å². The highest BCUT2D eigenvalue weighted by atomic mass is 16.2. The number of nitrogens with zero attached hydrogens (tertiary/aromatic N) is 3. The van der Waals surface area contributed by atoms with E-state index in [4.69, 9.17) is 0 Å². The van der Waals surface area contributed by atoms with Crippen LogP contribution in [0.5, 0.6) is 0 Å². The summed E-state index contributed by atoms with van der Waals surface area (Å²) in [4.78, 5) is 25.0. The molecule has 1 N–H and O–H groups in total. The Bertz CT molecular complexity index is 622. The molecule has 1 aromatic heterocycles. The second-order valence-electron chi connectivity index (χ2n) is 4.58. The van der Waals surface area contributed by atoms with Gasteiger partial charge in [-0.15, -0.1) is 0 Å². The first kappa shape index (κ1) is 14.8. The van der Waals surface area contributed by atoms with Crippen LogP contribution >= 0.6 is 0 Å². The van der Waals surface area contributed by atoms with Crippen LogP contribution in [-0.4, -0.2) is 28.1 Å². The predicted octanol–water partition coefficient (Wildman–Crippen LogP) is 1.89. The molecule has 6 nitrogen and oxygen atoms in total. The minimum atomic E-state index is -0.166. The van der Waals surface area contributed by atoms with Gasteiger partial charge in [-0.25, -0.2) is 0 Å². The normalized spacial score (nSPS) is 10.2. The zero-order valence-electron chi connectivity index (χ0n) is 12.1. The van der Waals surface area contributed by atoms with E-state index in [2.05, 4.69) is 10.4 Å². The van der Waals surface area contributed by atoms with Gasteiger partial charge in [0, 0.05) is 25.4 Å². The summed E-state index contributed by atoms with van der Waals surface area (Å²) in [6.45, 7) is 4.07. The molecule has 21 heavy (non-hydrogen) atoms. The van der Waals surface area contributed by atoms with E-state index in [-0.39, 0.29) is 18.4 Å². The van der Waals surface area contributed by atoms with Crippen molar-refractivity contribution in [2.75, 3.05) is 16.8 Å². The van der Waals surface area contributed by atoms with E-state index in [1.807, 2.05) is 37.3 Å². The van der Waals surface area contributed by atoms with Crippen molar-refractivity contribution in [3.05, 3.63) is 42.7 Å². The van der Waals surface area contributed by atoms with Crippen LogP contribution in [0.3, 0.4) is 0 Å². The van der Waals surface area contributed by atoms with E-state index >= 15 is 0 Å². The predicted molar refractivity (Wildman–Crippen MR) is 81.0 cm³/mol. The molecule has 1 heterocycles. The van der Waals surface area contributed by atoms with Crippen molar-refractivity contribution in [3.8, 4) is 0 Å². The van der Waals surface area contributed by atoms with Gasteiger partial charge >= 0.3 is 0 Å². The average molecular weight is 286 g/mol. The number of hydrogen-bond donors (Lipinski definition) is 1. The highest BCUT2D eigenvalue weighted by molar-refractivity contribution is 5.93. The molecule has 0 fully saturated rings.